The van der Waals surface area contributed by atoms with Crippen LogP contribution in [0.4, 0.5) is 5.69 Å². The topological polar surface area (TPSA) is 104 Å². The minimum Gasteiger partial charge on any atom is -0.619 e. The van der Waals surface area contributed by atoms with E-state index in [4.69, 9.17) is 4.74 Å². The molecule has 0 unspecified atom stereocenters. The summed E-state index contributed by atoms with van der Waals surface area (Å²) in [6, 6.07) is 18.8. The fourth-order valence-electron chi connectivity index (χ4n) is 3.34. The molecule has 0 radical (unpaired) electrons. The van der Waals surface area contributed by atoms with Gasteiger partial charge in [-0.3, -0.25) is 9.78 Å². The lowest BCUT2D eigenvalue weighted by molar-refractivity contribution is -0.605. The predicted molar refractivity (Wildman–Crippen MR) is 146 cm³/mol. The fourth-order valence-corrected chi connectivity index (χ4v) is 4.78. The second-order valence-corrected chi connectivity index (χ2v) is 9.16. The number of carbonyl (C=O) groups is 1. The highest BCUT2D eigenvalue weighted by molar-refractivity contribution is 7.93. The van der Waals surface area contributed by atoms with Crippen LogP contribution in [-0.4, -0.2) is 26.4 Å². The fraction of sp³-hybridized carbons (Fsp3) is 0.0385. The Morgan fingerprint density at radius 3 is 2.24 bits per heavy atom. The first-order chi connectivity index (χ1) is 16.9. The van der Waals surface area contributed by atoms with E-state index in [2.05, 4.69) is 4.98 Å². The Morgan fingerprint density at radius 1 is 0.946 bits per heavy atom. The number of amides is 1. The summed E-state index contributed by atoms with van der Waals surface area (Å²) in [5.74, 6) is -0.262. The third-order valence-corrected chi connectivity index (χ3v) is 6.84. The van der Waals surface area contributed by atoms with Crippen LogP contribution in [0.15, 0.2) is 102 Å². The summed E-state index contributed by atoms with van der Waals surface area (Å²) in [7, 11) is -2.84. The van der Waals surface area contributed by atoms with E-state index >= 15 is 0 Å². The van der Waals surface area contributed by atoms with Crippen LogP contribution in [0.2, 0.25) is 0 Å². The quantitative estimate of drug-likeness (QED) is 0.238. The lowest BCUT2D eigenvalue weighted by Gasteiger charge is -2.24. The number of ether oxygens (including phenoxy) is 1. The molecule has 4 rings (SSSR count). The molecule has 192 valence electrons. The average Bonchev–Trinajstić information content (AvgIpc) is 2.89. The molecular weight excluding hydrogens is 537 g/mol. The molecule has 8 nitrogen and oxygen atoms in total. The van der Waals surface area contributed by atoms with Gasteiger partial charge < -0.3 is 9.94 Å². The zero-order valence-corrected chi connectivity index (χ0v) is 21.9. The minimum atomic E-state index is -4.32. The number of anilines is 1. The van der Waals surface area contributed by atoms with Gasteiger partial charge in [0, 0.05) is 24.5 Å². The second kappa shape index (κ2) is 12.9. The number of benzene rings is 2. The maximum atomic E-state index is 13.8. The molecule has 2 aromatic carbocycles. The lowest BCUT2D eigenvalue weighted by atomic mass is 10.1. The Bertz CT molecular complexity index is 1460. The second-order valence-electron chi connectivity index (χ2n) is 7.38. The minimum absolute atomic E-state index is 0. The molecule has 0 bridgehead atoms. The number of hydrogen-bond acceptors (Lipinski definition) is 6. The molecular formula is C26H23Cl2N3O5S. The molecule has 0 aliphatic rings. The molecule has 0 aliphatic heterocycles. The first-order valence-corrected chi connectivity index (χ1v) is 11.9. The summed E-state index contributed by atoms with van der Waals surface area (Å²) in [6.45, 7) is 0. The van der Waals surface area contributed by atoms with E-state index in [1.54, 1.807) is 54.6 Å². The van der Waals surface area contributed by atoms with Crippen molar-refractivity contribution in [2.45, 2.75) is 4.90 Å². The molecule has 37 heavy (non-hydrogen) atoms. The number of pyridine rings is 2. The number of carbonyl (C=O) groups excluding carboxylic acids is 1. The highest BCUT2D eigenvalue weighted by atomic mass is 35.5. The zero-order chi connectivity index (χ0) is 24.8. The number of sulfonamides is 1. The van der Waals surface area contributed by atoms with Crippen LogP contribution in [0.25, 0.3) is 12.2 Å². The summed E-state index contributed by atoms with van der Waals surface area (Å²) in [5, 5.41) is 11.3. The number of rotatable bonds is 7. The van der Waals surface area contributed by atoms with Crippen molar-refractivity contribution in [2.75, 3.05) is 11.4 Å². The van der Waals surface area contributed by atoms with Gasteiger partial charge in [0.1, 0.15) is 5.75 Å². The predicted octanol–water partition coefficient (Wildman–Crippen LogP) is 4.77. The average molecular weight is 560 g/mol. The Morgan fingerprint density at radius 2 is 1.62 bits per heavy atom. The van der Waals surface area contributed by atoms with Crippen LogP contribution in [0.5, 0.6) is 5.75 Å². The Hall–Kier alpha value is -3.92. The van der Waals surface area contributed by atoms with Crippen molar-refractivity contribution in [1.82, 2.24) is 4.98 Å². The molecule has 0 aliphatic carbocycles. The first kappa shape index (κ1) is 29.3. The Balaban J connectivity index is 0.00000241. The van der Waals surface area contributed by atoms with Crippen LogP contribution in [0.1, 0.15) is 21.5 Å². The van der Waals surface area contributed by atoms with E-state index in [1.165, 1.54) is 62.2 Å². The zero-order valence-electron chi connectivity index (χ0n) is 19.5. The maximum absolute atomic E-state index is 13.8. The molecule has 0 N–H and O–H groups in total. The molecule has 0 atom stereocenters. The molecule has 2 aromatic heterocycles. The number of hydrogen-bond donors (Lipinski definition) is 0. The van der Waals surface area contributed by atoms with Gasteiger partial charge in [0.2, 0.25) is 0 Å². The standard InChI is InChI=1S/C26H21N3O5S.2ClH/c1-34-23-10-12-24(13-11-23)35(32,33)29(26(30)22-6-4-16-27-19-22)25-7-3-2-5-21(25)9-8-20-14-17-28(31)18-15-20;;/h2-19H,1H3;2*1H. The Labute approximate surface area is 227 Å². The van der Waals surface area contributed by atoms with Crippen LogP contribution < -0.4 is 13.8 Å². The molecule has 11 heteroatoms. The van der Waals surface area contributed by atoms with Crippen molar-refractivity contribution < 1.29 is 22.7 Å². The van der Waals surface area contributed by atoms with Crippen molar-refractivity contribution in [3.8, 4) is 5.75 Å². The molecule has 0 spiro atoms. The van der Waals surface area contributed by atoms with Gasteiger partial charge in [-0.1, -0.05) is 30.4 Å². The third-order valence-electron chi connectivity index (χ3n) is 5.13. The third kappa shape index (κ3) is 6.65. The van der Waals surface area contributed by atoms with E-state index in [1.807, 2.05) is 0 Å². The monoisotopic (exact) mass is 559 g/mol. The van der Waals surface area contributed by atoms with Crippen LogP contribution in [0.3, 0.4) is 0 Å². The molecule has 0 saturated heterocycles. The normalized spacial score (nSPS) is 10.7. The molecule has 0 fully saturated rings. The molecule has 1 amide bonds. The van der Waals surface area contributed by atoms with Gasteiger partial charge in [-0.2, -0.15) is 9.04 Å². The highest BCUT2D eigenvalue weighted by Gasteiger charge is 2.33. The maximum Gasteiger partial charge on any atom is 0.273 e. The van der Waals surface area contributed by atoms with E-state index in [0.717, 1.165) is 9.87 Å². The Kier molecular flexibility index (Phi) is 10.2. The van der Waals surface area contributed by atoms with Gasteiger partial charge in [0.05, 0.1) is 23.3 Å². The largest absolute Gasteiger partial charge is 0.619 e. The van der Waals surface area contributed by atoms with Gasteiger partial charge in [-0.05, 0) is 53.6 Å². The van der Waals surface area contributed by atoms with E-state index in [9.17, 15) is 18.4 Å². The summed E-state index contributed by atoms with van der Waals surface area (Å²) < 4.78 is 34.2. The smallest absolute Gasteiger partial charge is 0.273 e. The first-order valence-electron chi connectivity index (χ1n) is 10.5. The number of para-hydroxylation sites is 1. The van der Waals surface area contributed by atoms with Gasteiger partial charge in [-0.25, -0.2) is 8.42 Å². The number of nitrogens with zero attached hydrogens (tertiary/aromatic N) is 3. The van der Waals surface area contributed by atoms with Crippen LogP contribution in [0, 0.1) is 5.21 Å². The summed E-state index contributed by atoms with van der Waals surface area (Å²) in [5.41, 5.74) is 1.51. The van der Waals surface area contributed by atoms with E-state index in [0.29, 0.717) is 16.0 Å². The van der Waals surface area contributed by atoms with Crippen LogP contribution in [-0.2, 0) is 10.0 Å². The van der Waals surface area contributed by atoms with E-state index in [-0.39, 0.29) is 41.0 Å². The SMILES string of the molecule is COc1ccc(S(=O)(=O)N(C(=O)c2cccnc2)c2ccccc2C=Cc2cc[n+]([O-])cc2)cc1.Cl.Cl. The van der Waals surface area contributed by atoms with Crippen molar-refractivity contribution in [2.24, 2.45) is 0 Å². The van der Waals surface area contributed by atoms with Gasteiger partial charge in [0.15, 0.2) is 12.4 Å². The summed E-state index contributed by atoms with van der Waals surface area (Å²) in [6.07, 6.45) is 8.95. The van der Waals surface area contributed by atoms with Crippen molar-refractivity contribution in [1.29, 1.82) is 0 Å². The van der Waals surface area contributed by atoms with E-state index < -0.39 is 15.9 Å². The molecule has 0 saturated carbocycles. The van der Waals surface area contributed by atoms with Gasteiger partial charge >= 0.3 is 0 Å². The van der Waals surface area contributed by atoms with Crippen molar-refractivity contribution in [3.05, 3.63) is 119 Å². The number of aromatic nitrogens is 2. The van der Waals surface area contributed by atoms with Crippen LogP contribution >= 0.6 is 24.8 Å². The summed E-state index contributed by atoms with van der Waals surface area (Å²) >= 11 is 0. The lowest BCUT2D eigenvalue weighted by Crippen LogP contribution is -2.37. The van der Waals surface area contributed by atoms with Gasteiger partial charge in [0.25, 0.3) is 15.9 Å². The van der Waals surface area contributed by atoms with Crippen molar-refractivity contribution in [3.63, 3.8) is 0 Å². The number of methoxy groups -OCH3 is 1. The summed E-state index contributed by atoms with van der Waals surface area (Å²) in [4.78, 5) is 17.5. The van der Waals surface area contributed by atoms with Gasteiger partial charge in [-0.15, -0.1) is 24.8 Å². The number of halogens is 2. The molecule has 2 heterocycles. The van der Waals surface area contributed by atoms with Crippen molar-refractivity contribution >= 4 is 58.6 Å². The molecule has 4 aromatic rings. The highest BCUT2D eigenvalue weighted by Crippen LogP contribution is 2.31.